The fraction of sp³-hybridized carbons (Fsp3) is 0.238. The number of benzene rings is 2. The summed E-state index contributed by atoms with van der Waals surface area (Å²) in [5.41, 5.74) is 2.41. The largest absolute Gasteiger partial charge is 0.462 e. The number of esters is 1. The SMILES string of the molecule is CCCOC(=O)C(C(=O)CC)=C(c1ccccc1)c1ccccc1. The van der Waals surface area contributed by atoms with Crippen LogP contribution in [-0.4, -0.2) is 18.4 Å². The molecule has 0 N–H and O–H groups in total. The smallest absolute Gasteiger partial charge is 0.342 e. The van der Waals surface area contributed by atoms with Crippen molar-refractivity contribution >= 4 is 17.3 Å². The average molecular weight is 322 g/mol. The summed E-state index contributed by atoms with van der Waals surface area (Å²) in [7, 11) is 0. The van der Waals surface area contributed by atoms with E-state index in [2.05, 4.69) is 0 Å². The summed E-state index contributed by atoms with van der Waals surface area (Å²) < 4.78 is 5.28. The molecule has 0 aromatic heterocycles. The van der Waals surface area contributed by atoms with Gasteiger partial charge >= 0.3 is 5.97 Å². The molecule has 2 aromatic carbocycles. The van der Waals surface area contributed by atoms with E-state index in [1.54, 1.807) is 6.92 Å². The standard InChI is InChI=1S/C21H22O3/c1-3-15-24-21(23)20(18(22)4-2)19(16-11-7-5-8-12-16)17-13-9-6-10-14-17/h5-14H,3-4,15H2,1-2H3. The van der Waals surface area contributed by atoms with Crippen molar-refractivity contribution in [3.63, 3.8) is 0 Å². The lowest BCUT2D eigenvalue weighted by Gasteiger charge is -2.15. The highest BCUT2D eigenvalue weighted by Crippen LogP contribution is 2.28. The molecule has 24 heavy (non-hydrogen) atoms. The Labute approximate surface area is 143 Å². The van der Waals surface area contributed by atoms with Crippen LogP contribution in [0.15, 0.2) is 66.2 Å². The summed E-state index contributed by atoms with van der Waals surface area (Å²) in [6.45, 7) is 3.98. The van der Waals surface area contributed by atoms with Gasteiger partial charge in [0.25, 0.3) is 0 Å². The summed E-state index contributed by atoms with van der Waals surface area (Å²) in [6, 6.07) is 19.0. The van der Waals surface area contributed by atoms with E-state index in [-0.39, 0.29) is 17.8 Å². The van der Waals surface area contributed by atoms with Gasteiger partial charge in [0.1, 0.15) is 5.57 Å². The second kappa shape index (κ2) is 8.82. The highest BCUT2D eigenvalue weighted by molar-refractivity contribution is 6.24. The van der Waals surface area contributed by atoms with E-state index in [4.69, 9.17) is 4.74 Å². The van der Waals surface area contributed by atoms with E-state index in [1.165, 1.54) is 0 Å². The van der Waals surface area contributed by atoms with Gasteiger partial charge in [-0.15, -0.1) is 0 Å². The molecular formula is C21H22O3. The van der Waals surface area contributed by atoms with Crippen molar-refractivity contribution in [3.05, 3.63) is 77.4 Å². The monoisotopic (exact) mass is 322 g/mol. The van der Waals surface area contributed by atoms with Crippen LogP contribution in [0.2, 0.25) is 0 Å². The predicted octanol–water partition coefficient (Wildman–Crippen LogP) is 4.42. The molecule has 0 heterocycles. The van der Waals surface area contributed by atoms with Crippen LogP contribution >= 0.6 is 0 Å². The minimum absolute atomic E-state index is 0.128. The first-order chi connectivity index (χ1) is 11.7. The van der Waals surface area contributed by atoms with Crippen LogP contribution in [0, 0.1) is 0 Å². The Balaban J connectivity index is 2.68. The molecule has 0 amide bonds. The van der Waals surface area contributed by atoms with Crippen LogP contribution < -0.4 is 0 Å². The van der Waals surface area contributed by atoms with Gasteiger partial charge in [-0.2, -0.15) is 0 Å². The molecule has 0 bridgehead atoms. The molecule has 3 nitrogen and oxygen atoms in total. The van der Waals surface area contributed by atoms with E-state index in [1.807, 2.05) is 67.6 Å². The first kappa shape index (κ1) is 17.7. The molecule has 0 aliphatic rings. The number of rotatable bonds is 7. The molecule has 3 heteroatoms. The molecule has 0 aliphatic heterocycles. The van der Waals surface area contributed by atoms with Crippen molar-refractivity contribution in [1.82, 2.24) is 0 Å². The molecule has 124 valence electrons. The Kier molecular flexibility index (Phi) is 6.50. The Morgan fingerprint density at radius 3 is 1.75 bits per heavy atom. The van der Waals surface area contributed by atoms with Crippen LogP contribution in [0.1, 0.15) is 37.8 Å². The number of carbonyl (C=O) groups excluding carboxylic acids is 2. The van der Waals surface area contributed by atoms with E-state index in [9.17, 15) is 9.59 Å². The van der Waals surface area contributed by atoms with Crippen molar-refractivity contribution in [1.29, 1.82) is 0 Å². The Morgan fingerprint density at radius 2 is 1.33 bits per heavy atom. The maximum Gasteiger partial charge on any atom is 0.342 e. The third-order valence-corrected chi connectivity index (χ3v) is 3.62. The summed E-state index contributed by atoms with van der Waals surface area (Å²) in [6.07, 6.45) is 0.963. The predicted molar refractivity (Wildman–Crippen MR) is 95.5 cm³/mol. The van der Waals surface area contributed by atoms with Crippen LogP contribution in [0.25, 0.3) is 5.57 Å². The van der Waals surface area contributed by atoms with Crippen LogP contribution in [-0.2, 0) is 14.3 Å². The number of hydrogen-bond donors (Lipinski definition) is 0. The summed E-state index contributed by atoms with van der Waals surface area (Å²) >= 11 is 0. The van der Waals surface area contributed by atoms with Gasteiger partial charge in [0.15, 0.2) is 5.78 Å². The number of ether oxygens (including phenoxy) is 1. The number of hydrogen-bond acceptors (Lipinski definition) is 3. The molecule has 2 rings (SSSR count). The molecule has 0 atom stereocenters. The van der Waals surface area contributed by atoms with Crippen molar-refractivity contribution in [2.75, 3.05) is 6.61 Å². The maximum absolute atomic E-state index is 12.6. The minimum atomic E-state index is -0.550. The summed E-state index contributed by atoms with van der Waals surface area (Å²) in [5, 5.41) is 0. The second-order valence-corrected chi connectivity index (χ2v) is 5.39. The fourth-order valence-corrected chi connectivity index (χ4v) is 2.46. The molecule has 0 unspecified atom stereocenters. The number of ketones is 1. The lowest BCUT2D eigenvalue weighted by atomic mass is 9.90. The Morgan fingerprint density at radius 1 is 0.833 bits per heavy atom. The molecule has 0 spiro atoms. The highest BCUT2D eigenvalue weighted by atomic mass is 16.5. The van der Waals surface area contributed by atoms with Gasteiger partial charge in [0, 0.05) is 12.0 Å². The van der Waals surface area contributed by atoms with Gasteiger partial charge in [-0.3, -0.25) is 4.79 Å². The van der Waals surface area contributed by atoms with Crippen molar-refractivity contribution in [2.24, 2.45) is 0 Å². The lowest BCUT2D eigenvalue weighted by molar-refractivity contribution is -0.140. The van der Waals surface area contributed by atoms with Gasteiger partial charge < -0.3 is 4.74 Å². The van der Waals surface area contributed by atoms with E-state index in [0.29, 0.717) is 18.6 Å². The summed E-state index contributed by atoms with van der Waals surface area (Å²) in [4.78, 5) is 25.1. The number of carbonyl (C=O) groups is 2. The van der Waals surface area contributed by atoms with Crippen molar-refractivity contribution in [2.45, 2.75) is 26.7 Å². The molecule has 0 saturated carbocycles. The fourth-order valence-electron chi connectivity index (χ4n) is 2.46. The van der Waals surface area contributed by atoms with Crippen molar-refractivity contribution < 1.29 is 14.3 Å². The Hall–Kier alpha value is -2.68. The first-order valence-electron chi connectivity index (χ1n) is 8.24. The topological polar surface area (TPSA) is 43.4 Å². The molecule has 0 aliphatic carbocycles. The van der Waals surface area contributed by atoms with E-state index < -0.39 is 5.97 Å². The maximum atomic E-state index is 12.6. The lowest BCUT2D eigenvalue weighted by Crippen LogP contribution is -2.18. The van der Waals surface area contributed by atoms with Crippen molar-refractivity contribution in [3.8, 4) is 0 Å². The molecule has 0 fully saturated rings. The molecule has 0 saturated heterocycles. The van der Waals surface area contributed by atoms with Gasteiger partial charge in [-0.05, 0) is 17.5 Å². The Bertz CT molecular complexity index is 674. The van der Waals surface area contributed by atoms with E-state index in [0.717, 1.165) is 11.1 Å². The first-order valence-corrected chi connectivity index (χ1v) is 8.24. The quantitative estimate of drug-likeness (QED) is 0.328. The van der Waals surface area contributed by atoms with Gasteiger partial charge in [-0.1, -0.05) is 74.5 Å². The zero-order valence-corrected chi connectivity index (χ0v) is 14.1. The third kappa shape index (κ3) is 4.19. The van der Waals surface area contributed by atoms with Gasteiger partial charge in [-0.25, -0.2) is 4.79 Å². The van der Waals surface area contributed by atoms with Crippen LogP contribution in [0.5, 0.6) is 0 Å². The highest BCUT2D eigenvalue weighted by Gasteiger charge is 2.25. The normalized spacial score (nSPS) is 10.1. The van der Waals surface area contributed by atoms with Crippen LogP contribution in [0.3, 0.4) is 0 Å². The third-order valence-electron chi connectivity index (χ3n) is 3.62. The van der Waals surface area contributed by atoms with E-state index >= 15 is 0 Å². The minimum Gasteiger partial charge on any atom is -0.462 e. The zero-order valence-electron chi connectivity index (χ0n) is 14.1. The second-order valence-electron chi connectivity index (χ2n) is 5.39. The molecule has 2 aromatic rings. The average Bonchev–Trinajstić information content (AvgIpc) is 2.64. The molecular weight excluding hydrogens is 300 g/mol. The zero-order chi connectivity index (χ0) is 17.4. The van der Waals surface area contributed by atoms with Gasteiger partial charge in [0.2, 0.25) is 0 Å². The summed E-state index contributed by atoms with van der Waals surface area (Å²) in [5.74, 6) is -0.759. The van der Waals surface area contributed by atoms with Crippen LogP contribution in [0.4, 0.5) is 0 Å². The number of Topliss-reactive ketones (excluding diaryl/α,β-unsaturated/α-hetero) is 1. The molecule has 0 radical (unpaired) electrons. The van der Waals surface area contributed by atoms with Gasteiger partial charge in [0.05, 0.1) is 6.61 Å².